The molecule has 1 aromatic carbocycles. The molecule has 0 amide bonds. The van der Waals surface area contributed by atoms with Crippen LogP contribution in [0.5, 0.6) is 0 Å². The van der Waals surface area contributed by atoms with E-state index in [4.69, 9.17) is 4.74 Å². The summed E-state index contributed by atoms with van der Waals surface area (Å²) in [5, 5.41) is 0. The molecule has 0 N–H and O–H groups in total. The monoisotopic (exact) mass is 329 g/mol. The van der Waals surface area contributed by atoms with Gasteiger partial charge in [0.2, 0.25) is 0 Å². The second kappa shape index (κ2) is 11.0. The van der Waals surface area contributed by atoms with Crippen LogP contribution in [0.1, 0.15) is 11.1 Å². The molecule has 1 fully saturated rings. The largest absolute Gasteiger partial charge is 1.00 e. The predicted molar refractivity (Wildman–Crippen MR) is 68.7 cm³/mol. The minimum atomic E-state index is -4.39. The second-order valence-electron chi connectivity index (χ2n) is 4.79. The maximum atomic E-state index is 10.6. The van der Waals surface area contributed by atoms with Crippen molar-refractivity contribution < 1.29 is 78.2 Å². The SMILES string of the molecule is O=P([O-])([O-])CCc1ccc(CN2CCOCC2)cc1.[Na+].[Na+]. The molecule has 1 saturated heterocycles. The van der Waals surface area contributed by atoms with Crippen LogP contribution in [0.3, 0.4) is 0 Å². The minimum Gasteiger partial charge on any atom is -0.811 e. The van der Waals surface area contributed by atoms with E-state index in [0.717, 1.165) is 38.4 Å². The zero-order valence-electron chi connectivity index (χ0n) is 12.8. The molecule has 1 aromatic rings. The summed E-state index contributed by atoms with van der Waals surface area (Å²) in [6.07, 6.45) is -0.0159. The average molecular weight is 329 g/mol. The average Bonchev–Trinajstić information content (AvgIpc) is 2.38. The molecule has 106 valence electrons. The van der Waals surface area contributed by atoms with Crippen LogP contribution in [-0.4, -0.2) is 37.4 Å². The summed E-state index contributed by atoms with van der Waals surface area (Å²) < 4.78 is 15.9. The maximum absolute atomic E-state index is 10.6. The Morgan fingerprint density at radius 2 is 1.57 bits per heavy atom. The number of hydrogen-bond donors (Lipinski definition) is 0. The van der Waals surface area contributed by atoms with Crippen LogP contribution in [0.2, 0.25) is 0 Å². The number of rotatable bonds is 5. The van der Waals surface area contributed by atoms with Crippen molar-refractivity contribution in [3.05, 3.63) is 35.4 Å². The molecule has 0 unspecified atom stereocenters. The van der Waals surface area contributed by atoms with E-state index in [1.54, 1.807) is 0 Å². The minimum absolute atomic E-state index is 0. The molecule has 0 radical (unpaired) electrons. The van der Waals surface area contributed by atoms with Crippen molar-refractivity contribution in [3.63, 3.8) is 0 Å². The Labute approximate surface area is 170 Å². The maximum Gasteiger partial charge on any atom is 1.00 e. The van der Waals surface area contributed by atoms with Crippen LogP contribution in [0.15, 0.2) is 24.3 Å². The Bertz CT molecular complexity index is 446. The topological polar surface area (TPSA) is 75.7 Å². The molecule has 21 heavy (non-hydrogen) atoms. The smallest absolute Gasteiger partial charge is 0.811 e. The first-order valence-corrected chi connectivity index (χ1v) is 8.15. The van der Waals surface area contributed by atoms with Gasteiger partial charge in [-0.3, -0.25) is 4.90 Å². The van der Waals surface area contributed by atoms with Crippen LogP contribution in [0, 0.1) is 0 Å². The van der Waals surface area contributed by atoms with E-state index in [1.807, 2.05) is 24.3 Å². The van der Waals surface area contributed by atoms with Gasteiger partial charge < -0.3 is 19.1 Å². The third-order valence-corrected chi connectivity index (χ3v) is 3.98. The van der Waals surface area contributed by atoms with E-state index in [0.29, 0.717) is 6.42 Å². The van der Waals surface area contributed by atoms with Crippen LogP contribution in [-0.2, 0) is 22.3 Å². The summed E-state index contributed by atoms with van der Waals surface area (Å²) in [5.41, 5.74) is 2.08. The van der Waals surface area contributed by atoms with Gasteiger partial charge in [-0.2, -0.15) is 0 Å². The van der Waals surface area contributed by atoms with Gasteiger partial charge in [0, 0.05) is 19.6 Å². The summed E-state index contributed by atoms with van der Waals surface area (Å²) in [6, 6.07) is 7.77. The van der Waals surface area contributed by atoms with Crippen molar-refractivity contribution in [1.82, 2.24) is 4.90 Å². The van der Waals surface area contributed by atoms with E-state index in [2.05, 4.69) is 4.90 Å². The zero-order valence-corrected chi connectivity index (χ0v) is 17.7. The molecule has 0 atom stereocenters. The number of morpholine rings is 1. The molecule has 5 nitrogen and oxygen atoms in total. The van der Waals surface area contributed by atoms with E-state index in [-0.39, 0.29) is 65.3 Å². The molecule has 8 heteroatoms. The normalized spacial score (nSPS) is 15.9. The fraction of sp³-hybridized carbons (Fsp3) is 0.538. The third kappa shape index (κ3) is 9.23. The summed E-state index contributed by atoms with van der Waals surface area (Å²) in [5.74, 6) is 0. The Morgan fingerprint density at radius 3 is 2.10 bits per heavy atom. The molecule has 0 saturated carbocycles. The van der Waals surface area contributed by atoms with Crippen molar-refractivity contribution in [2.45, 2.75) is 13.0 Å². The summed E-state index contributed by atoms with van der Waals surface area (Å²) in [4.78, 5) is 23.5. The first kappa shape index (κ1) is 22.3. The van der Waals surface area contributed by atoms with Crippen LogP contribution < -0.4 is 68.9 Å². The summed E-state index contributed by atoms with van der Waals surface area (Å²) in [6.45, 7) is 4.32. The quantitative estimate of drug-likeness (QED) is 0.397. The van der Waals surface area contributed by atoms with Gasteiger partial charge in [-0.25, -0.2) is 0 Å². The Kier molecular flexibility index (Phi) is 11.6. The molecule has 1 aliphatic heterocycles. The molecule has 1 aliphatic rings. The van der Waals surface area contributed by atoms with E-state index in [1.165, 1.54) is 5.56 Å². The summed E-state index contributed by atoms with van der Waals surface area (Å²) >= 11 is 0. The van der Waals surface area contributed by atoms with E-state index >= 15 is 0 Å². The van der Waals surface area contributed by atoms with E-state index < -0.39 is 7.60 Å². The number of ether oxygens (including phenoxy) is 1. The second-order valence-corrected chi connectivity index (χ2v) is 6.46. The molecule has 0 spiro atoms. The van der Waals surface area contributed by atoms with Gasteiger partial charge in [0.05, 0.1) is 13.2 Å². The first-order chi connectivity index (χ1) is 9.03. The Balaban J connectivity index is 0.00000200. The number of hydrogen-bond acceptors (Lipinski definition) is 5. The van der Waals surface area contributed by atoms with Gasteiger partial charge in [-0.1, -0.05) is 31.9 Å². The van der Waals surface area contributed by atoms with Crippen molar-refractivity contribution in [3.8, 4) is 0 Å². The Morgan fingerprint density at radius 1 is 1.05 bits per heavy atom. The van der Waals surface area contributed by atoms with Gasteiger partial charge >= 0.3 is 59.1 Å². The van der Waals surface area contributed by atoms with Crippen molar-refractivity contribution in [2.75, 3.05) is 32.5 Å². The molecular formula is C13H18NNa2O4P. The molecule has 0 aromatic heterocycles. The van der Waals surface area contributed by atoms with Gasteiger partial charge in [-0.05, 0) is 23.7 Å². The number of aryl methyl sites for hydroxylation is 1. The van der Waals surface area contributed by atoms with Gasteiger partial charge in [0.25, 0.3) is 0 Å². The summed E-state index contributed by atoms with van der Waals surface area (Å²) in [7, 11) is -4.39. The molecule has 0 bridgehead atoms. The van der Waals surface area contributed by atoms with Crippen LogP contribution in [0.4, 0.5) is 0 Å². The van der Waals surface area contributed by atoms with Gasteiger partial charge in [-0.15, -0.1) is 0 Å². The van der Waals surface area contributed by atoms with Gasteiger partial charge in [0.1, 0.15) is 0 Å². The number of benzene rings is 1. The zero-order chi connectivity index (χ0) is 13.7. The molecule has 0 aliphatic carbocycles. The standard InChI is InChI=1S/C13H20NO4P.2Na/c15-19(16,17)10-5-12-1-3-13(4-2-12)11-14-6-8-18-9-7-14;;/h1-4H,5-11H2,(H2,15,16,17);;/q;2*+1/p-2. The van der Waals surface area contributed by atoms with Crippen LogP contribution in [0.25, 0.3) is 0 Å². The fourth-order valence-corrected chi connectivity index (χ4v) is 2.63. The molecular weight excluding hydrogens is 311 g/mol. The number of nitrogens with zero attached hydrogens (tertiary/aromatic N) is 1. The Hall–Kier alpha value is 1.29. The van der Waals surface area contributed by atoms with Crippen molar-refractivity contribution in [1.29, 1.82) is 0 Å². The fourth-order valence-electron chi connectivity index (χ4n) is 2.09. The first-order valence-electron chi connectivity index (χ1n) is 6.42. The molecule has 1 heterocycles. The third-order valence-electron chi connectivity index (χ3n) is 3.21. The van der Waals surface area contributed by atoms with Crippen LogP contribution >= 0.6 is 7.60 Å². The predicted octanol–water partition coefficient (Wildman–Crippen LogP) is -6.02. The molecule has 2 rings (SSSR count). The van der Waals surface area contributed by atoms with Gasteiger partial charge in [0.15, 0.2) is 0 Å². The van der Waals surface area contributed by atoms with Crippen molar-refractivity contribution >= 4 is 7.60 Å². The van der Waals surface area contributed by atoms with E-state index in [9.17, 15) is 14.4 Å². The van der Waals surface area contributed by atoms with Crippen molar-refractivity contribution in [2.24, 2.45) is 0 Å².